The number of nitrogens with zero attached hydrogens (tertiary/aromatic N) is 1. The number of amides is 1. The van der Waals surface area contributed by atoms with E-state index in [9.17, 15) is 4.79 Å². The van der Waals surface area contributed by atoms with Gasteiger partial charge in [0.25, 0.3) is 0 Å². The smallest absolute Gasteiger partial charge is 0.409 e. The molecule has 0 bridgehead atoms. The summed E-state index contributed by atoms with van der Waals surface area (Å²) >= 11 is 5.93. The molecule has 2 aromatic carbocycles. The zero-order valence-corrected chi connectivity index (χ0v) is 10.7. The molecule has 19 heavy (non-hydrogen) atoms. The summed E-state index contributed by atoms with van der Waals surface area (Å²) in [6.45, 7) is 0. The molecule has 0 saturated carbocycles. The van der Waals surface area contributed by atoms with Crippen molar-refractivity contribution in [1.82, 2.24) is 5.43 Å². The number of nitrogens with one attached hydrogen (secondary N) is 1. The minimum atomic E-state index is -0.658. The molecule has 0 atom stereocenters. The van der Waals surface area contributed by atoms with Crippen molar-refractivity contribution in [3.8, 4) is 5.75 Å². The topological polar surface area (TPSA) is 50.7 Å². The molecule has 2 aromatic rings. The van der Waals surface area contributed by atoms with Crippen molar-refractivity contribution >= 4 is 23.9 Å². The molecule has 0 saturated heterocycles. The first-order valence-corrected chi connectivity index (χ1v) is 5.94. The largest absolute Gasteiger partial charge is 0.433 e. The van der Waals surface area contributed by atoms with E-state index in [4.69, 9.17) is 16.3 Å². The maximum atomic E-state index is 11.4. The summed E-state index contributed by atoms with van der Waals surface area (Å²) in [5.41, 5.74) is 2.97. The first-order valence-electron chi connectivity index (χ1n) is 5.56. The van der Waals surface area contributed by atoms with E-state index in [1.807, 2.05) is 18.2 Å². The summed E-state index contributed by atoms with van der Waals surface area (Å²) in [6.07, 6.45) is 0.795. The van der Waals surface area contributed by atoms with Gasteiger partial charge in [-0.1, -0.05) is 48.0 Å². The molecule has 5 heteroatoms. The molecule has 0 heterocycles. The fraction of sp³-hybridized carbons (Fsp3) is 0. The Labute approximate surface area is 115 Å². The Morgan fingerprint density at radius 2 is 1.79 bits per heavy atom. The van der Waals surface area contributed by atoms with Crippen molar-refractivity contribution < 1.29 is 9.53 Å². The molecular weight excluding hydrogens is 264 g/mol. The van der Waals surface area contributed by atoms with Gasteiger partial charge in [0.1, 0.15) is 5.75 Å². The number of halogens is 1. The van der Waals surface area contributed by atoms with E-state index in [0.29, 0.717) is 16.3 Å². The number of hydrogen-bond acceptors (Lipinski definition) is 3. The van der Waals surface area contributed by atoms with Gasteiger partial charge in [0, 0.05) is 10.6 Å². The Morgan fingerprint density at radius 3 is 2.53 bits per heavy atom. The van der Waals surface area contributed by atoms with Crippen molar-refractivity contribution in [1.29, 1.82) is 0 Å². The second-order valence-electron chi connectivity index (χ2n) is 3.59. The van der Waals surface area contributed by atoms with E-state index in [1.54, 1.807) is 36.4 Å². The summed E-state index contributed by atoms with van der Waals surface area (Å²) in [6, 6.07) is 15.9. The molecule has 0 aliphatic rings. The number of carbonyl (C=O) groups is 1. The van der Waals surface area contributed by atoms with Gasteiger partial charge < -0.3 is 4.74 Å². The zero-order chi connectivity index (χ0) is 13.5. The first-order chi connectivity index (χ1) is 9.25. The predicted octanol–water partition coefficient (Wildman–Crippen LogP) is 3.46. The van der Waals surface area contributed by atoms with Crippen LogP contribution in [0.4, 0.5) is 4.79 Å². The normalized spacial score (nSPS) is 10.4. The van der Waals surface area contributed by atoms with Crippen molar-refractivity contribution in [2.24, 2.45) is 5.10 Å². The Hall–Kier alpha value is -2.33. The van der Waals surface area contributed by atoms with Crippen LogP contribution in [0.25, 0.3) is 0 Å². The molecule has 0 spiro atoms. The van der Waals surface area contributed by atoms with Crippen LogP contribution >= 0.6 is 11.6 Å². The van der Waals surface area contributed by atoms with Gasteiger partial charge in [-0.3, -0.25) is 0 Å². The van der Waals surface area contributed by atoms with Crippen LogP contribution in [0.2, 0.25) is 5.02 Å². The fourth-order valence-corrected chi connectivity index (χ4v) is 1.54. The number of rotatable bonds is 3. The SMILES string of the molecule is O=C(N/N=C/c1ccccc1Cl)Oc1ccccc1. The summed E-state index contributed by atoms with van der Waals surface area (Å²) in [4.78, 5) is 11.4. The van der Waals surface area contributed by atoms with E-state index in [0.717, 1.165) is 0 Å². The molecule has 4 nitrogen and oxygen atoms in total. The monoisotopic (exact) mass is 274 g/mol. The summed E-state index contributed by atoms with van der Waals surface area (Å²) in [5, 5.41) is 4.32. The third-order valence-corrected chi connectivity index (χ3v) is 2.56. The van der Waals surface area contributed by atoms with E-state index >= 15 is 0 Å². The Kier molecular flexibility index (Phi) is 4.53. The summed E-state index contributed by atoms with van der Waals surface area (Å²) in [5.74, 6) is 0.452. The molecule has 1 amide bonds. The van der Waals surface area contributed by atoms with Gasteiger partial charge in [0.05, 0.1) is 6.21 Å². The van der Waals surface area contributed by atoms with Crippen LogP contribution in [0.3, 0.4) is 0 Å². The molecule has 0 aliphatic carbocycles. The molecule has 96 valence electrons. The molecular formula is C14H11ClN2O2. The first kappa shape index (κ1) is 13.1. The van der Waals surface area contributed by atoms with Crippen LogP contribution in [0.15, 0.2) is 59.7 Å². The van der Waals surface area contributed by atoms with Gasteiger partial charge in [-0.25, -0.2) is 10.2 Å². The molecule has 0 aliphatic heterocycles. The van der Waals surface area contributed by atoms with Crippen LogP contribution in [-0.4, -0.2) is 12.3 Å². The lowest BCUT2D eigenvalue weighted by Gasteiger charge is -2.02. The van der Waals surface area contributed by atoms with Gasteiger partial charge in [-0.05, 0) is 18.2 Å². The lowest BCUT2D eigenvalue weighted by atomic mass is 10.2. The minimum Gasteiger partial charge on any atom is -0.409 e. The fourth-order valence-electron chi connectivity index (χ4n) is 1.35. The number of benzene rings is 2. The van der Waals surface area contributed by atoms with E-state index in [2.05, 4.69) is 10.5 Å². The van der Waals surface area contributed by atoms with Crippen molar-refractivity contribution in [3.63, 3.8) is 0 Å². The van der Waals surface area contributed by atoms with Crippen molar-refractivity contribution in [3.05, 3.63) is 65.2 Å². The number of para-hydroxylation sites is 1. The highest BCUT2D eigenvalue weighted by molar-refractivity contribution is 6.33. The second kappa shape index (κ2) is 6.56. The highest BCUT2D eigenvalue weighted by Gasteiger charge is 2.01. The van der Waals surface area contributed by atoms with Crippen molar-refractivity contribution in [2.45, 2.75) is 0 Å². The molecule has 0 radical (unpaired) electrons. The van der Waals surface area contributed by atoms with Crippen molar-refractivity contribution in [2.75, 3.05) is 0 Å². The maximum Gasteiger partial charge on any atom is 0.433 e. The molecule has 0 fully saturated rings. The van der Waals surface area contributed by atoms with Gasteiger partial charge in [0.2, 0.25) is 0 Å². The Bertz CT molecular complexity index is 585. The van der Waals surface area contributed by atoms with E-state index < -0.39 is 6.09 Å². The third-order valence-electron chi connectivity index (χ3n) is 2.22. The van der Waals surface area contributed by atoms with Gasteiger partial charge >= 0.3 is 6.09 Å². The summed E-state index contributed by atoms with van der Waals surface area (Å²) < 4.78 is 4.99. The van der Waals surface area contributed by atoms with Gasteiger partial charge in [-0.2, -0.15) is 5.10 Å². The Morgan fingerprint density at radius 1 is 1.11 bits per heavy atom. The highest BCUT2D eigenvalue weighted by Crippen LogP contribution is 2.12. The van der Waals surface area contributed by atoms with E-state index in [-0.39, 0.29) is 0 Å². The third kappa shape index (κ3) is 4.12. The number of hydrogen-bond donors (Lipinski definition) is 1. The average molecular weight is 275 g/mol. The average Bonchev–Trinajstić information content (AvgIpc) is 2.42. The standard InChI is InChI=1S/C14H11ClN2O2/c15-13-9-5-4-6-11(13)10-16-17-14(18)19-12-7-2-1-3-8-12/h1-10H,(H,17,18)/b16-10+. The number of carbonyl (C=O) groups excluding carboxylic acids is 1. The zero-order valence-electron chi connectivity index (χ0n) is 9.92. The lowest BCUT2D eigenvalue weighted by molar-refractivity contribution is 0.201. The highest BCUT2D eigenvalue weighted by atomic mass is 35.5. The molecule has 0 unspecified atom stereocenters. The predicted molar refractivity (Wildman–Crippen MR) is 74.6 cm³/mol. The van der Waals surface area contributed by atoms with E-state index in [1.165, 1.54) is 6.21 Å². The molecule has 1 N–H and O–H groups in total. The molecule has 2 rings (SSSR count). The molecule has 0 aromatic heterocycles. The second-order valence-corrected chi connectivity index (χ2v) is 4.00. The van der Waals surface area contributed by atoms with Crippen LogP contribution in [-0.2, 0) is 0 Å². The minimum absolute atomic E-state index is 0.452. The summed E-state index contributed by atoms with van der Waals surface area (Å²) in [7, 11) is 0. The number of hydrazone groups is 1. The Balaban J connectivity index is 1.89. The van der Waals surface area contributed by atoms with Crippen LogP contribution in [0.1, 0.15) is 5.56 Å². The van der Waals surface area contributed by atoms with Gasteiger partial charge in [0.15, 0.2) is 0 Å². The van der Waals surface area contributed by atoms with Crippen LogP contribution in [0, 0.1) is 0 Å². The van der Waals surface area contributed by atoms with Crippen LogP contribution < -0.4 is 10.2 Å². The van der Waals surface area contributed by atoms with Crippen LogP contribution in [0.5, 0.6) is 5.75 Å². The lowest BCUT2D eigenvalue weighted by Crippen LogP contribution is -2.21. The maximum absolute atomic E-state index is 11.4. The quantitative estimate of drug-likeness (QED) is 0.688. The number of ether oxygens (including phenoxy) is 1. The van der Waals surface area contributed by atoms with Gasteiger partial charge in [-0.15, -0.1) is 0 Å².